The lowest BCUT2D eigenvalue weighted by molar-refractivity contribution is -0.133. The smallest absolute Gasteiger partial charge is 0.242 e. The minimum Gasteiger partial charge on any atom is -0.444 e. The molecule has 0 radical (unpaired) electrons. The summed E-state index contributed by atoms with van der Waals surface area (Å²) in [5, 5.41) is 10.9. The van der Waals surface area contributed by atoms with E-state index in [9.17, 15) is 14.9 Å². The molecule has 182 valence electrons. The van der Waals surface area contributed by atoms with Crippen molar-refractivity contribution in [3.63, 3.8) is 0 Å². The fourth-order valence-corrected chi connectivity index (χ4v) is 5.74. The Morgan fingerprint density at radius 1 is 1.23 bits per heavy atom. The highest BCUT2D eigenvalue weighted by molar-refractivity contribution is 6.01. The van der Waals surface area contributed by atoms with Gasteiger partial charge >= 0.3 is 0 Å². The molecule has 5 rings (SSSR count). The van der Waals surface area contributed by atoms with Gasteiger partial charge in [0.05, 0.1) is 5.92 Å². The molecule has 2 aromatic rings. The van der Waals surface area contributed by atoms with Crippen LogP contribution in [0.15, 0.2) is 53.3 Å². The monoisotopic (exact) mass is 472 g/mol. The van der Waals surface area contributed by atoms with Gasteiger partial charge in [-0.2, -0.15) is 5.26 Å². The van der Waals surface area contributed by atoms with Crippen LogP contribution in [0.1, 0.15) is 57.9 Å². The second kappa shape index (κ2) is 8.60. The highest BCUT2D eigenvalue weighted by atomic mass is 16.5. The molecule has 3 heterocycles. The van der Waals surface area contributed by atoms with Crippen LogP contribution in [0.2, 0.25) is 0 Å². The molecule has 1 atom stereocenters. The molecule has 1 aliphatic carbocycles. The third kappa shape index (κ3) is 4.12. The summed E-state index contributed by atoms with van der Waals surface area (Å²) in [4.78, 5) is 28.5. The molecule has 1 unspecified atom stereocenters. The van der Waals surface area contributed by atoms with Crippen molar-refractivity contribution in [1.29, 1.82) is 5.26 Å². The Kier molecular flexibility index (Phi) is 5.71. The number of rotatable bonds is 3. The van der Waals surface area contributed by atoms with Crippen LogP contribution in [-0.2, 0) is 20.9 Å². The van der Waals surface area contributed by atoms with Gasteiger partial charge in [-0.3, -0.25) is 9.59 Å². The van der Waals surface area contributed by atoms with E-state index in [4.69, 9.17) is 10.5 Å². The maximum Gasteiger partial charge on any atom is 0.242 e. The van der Waals surface area contributed by atoms with Crippen molar-refractivity contribution in [2.75, 3.05) is 13.1 Å². The average molecular weight is 473 g/mol. The molecule has 2 N–H and O–H groups in total. The van der Waals surface area contributed by atoms with Gasteiger partial charge < -0.3 is 19.9 Å². The number of ether oxygens (including phenoxy) is 1. The number of Topliss-reactive ketones (excluding diaryl/α,β-unsaturated/α-hetero) is 1. The van der Waals surface area contributed by atoms with Gasteiger partial charge in [-0.05, 0) is 35.8 Å². The maximum atomic E-state index is 13.4. The van der Waals surface area contributed by atoms with Crippen molar-refractivity contribution >= 4 is 22.6 Å². The first kappa shape index (κ1) is 23.2. The second-order valence-corrected chi connectivity index (χ2v) is 11.0. The number of carbonyl (C=O) groups is 2. The van der Waals surface area contributed by atoms with Crippen molar-refractivity contribution < 1.29 is 14.3 Å². The molecular weight excluding hydrogens is 440 g/mol. The fourth-order valence-electron chi connectivity index (χ4n) is 5.74. The van der Waals surface area contributed by atoms with Crippen molar-refractivity contribution in [2.45, 2.75) is 58.9 Å². The molecule has 1 aromatic carbocycles. The number of aromatic nitrogens is 1. The first-order chi connectivity index (χ1) is 16.7. The van der Waals surface area contributed by atoms with Crippen LogP contribution in [0.25, 0.3) is 10.9 Å². The summed E-state index contributed by atoms with van der Waals surface area (Å²) in [6, 6.07) is 10.0. The van der Waals surface area contributed by atoms with Crippen LogP contribution in [-0.4, -0.2) is 34.2 Å². The molecule has 7 nitrogen and oxygen atoms in total. The van der Waals surface area contributed by atoms with E-state index in [1.54, 1.807) is 0 Å². The van der Waals surface area contributed by atoms with E-state index in [2.05, 4.69) is 13.0 Å². The molecule has 2 aliphatic heterocycles. The summed E-state index contributed by atoms with van der Waals surface area (Å²) in [5.41, 5.74) is 8.46. The molecule has 1 saturated heterocycles. The first-order valence-corrected chi connectivity index (χ1v) is 12.4. The number of hydrogen-bond donors (Lipinski definition) is 1. The Labute approximate surface area is 205 Å². The Hall–Kier alpha value is -3.53. The van der Waals surface area contributed by atoms with Gasteiger partial charge in [-0.15, -0.1) is 0 Å². The number of amides is 1. The van der Waals surface area contributed by atoms with Crippen LogP contribution in [0.5, 0.6) is 0 Å². The van der Waals surface area contributed by atoms with E-state index < -0.39 is 5.92 Å². The Morgan fingerprint density at radius 2 is 1.94 bits per heavy atom. The van der Waals surface area contributed by atoms with E-state index in [-0.39, 0.29) is 35.1 Å². The van der Waals surface area contributed by atoms with Gasteiger partial charge in [0.2, 0.25) is 11.8 Å². The van der Waals surface area contributed by atoms with Crippen LogP contribution < -0.4 is 5.73 Å². The molecule has 1 aromatic heterocycles. The number of carbonyl (C=O) groups excluding carboxylic acids is 2. The topological polar surface area (TPSA) is 101 Å². The van der Waals surface area contributed by atoms with Gasteiger partial charge in [-0.25, -0.2) is 0 Å². The summed E-state index contributed by atoms with van der Waals surface area (Å²) < 4.78 is 7.80. The van der Waals surface area contributed by atoms with Crippen LogP contribution in [0.3, 0.4) is 0 Å². The lowest BCUT2D eigenvalue weighted by Crippen LogP contribution is -2.39. The number of nitriles is 1. The highest BCUT2D eigenvalue weighted by Gasteiger charge is 2.43. The van der Waals surface area contributed by atoms with Gasteiger partial charge in [0.25, 0.3) is 0 Å². The molecule has 0 saturated carbocycles. The number of para-hydroxylation sites is 1. The molecule has 0 spiro atoms. The Bertz CT molecular complexity index is 1320. The second-order valence-electron chi connectivity index (χ2n) is 11.0. The number of nitrogens with two attached hydrogens (primary N) is 1. The SMILES string of the molecule is CC1CCN(C(=O)Cn2cc(C3C(C#N)=C(N)OC4=C3C(=O)CC(C)(C)C4)c3ccccc32)CC1. The quantitative estimate of drug-likeness (QED) is 0.716. The van der Waals surface area contributed by atoms with Gasteiger partial charge in [-0.1, -0.05) is 39.0 Å². The fraction of sp³-hybridized carbons (Fsp3) is 0.464. The lowest BCUT2D eigenvalue weighted by Gasteiger charge is -2.37. The number of piperidine rings is 1. The minimum atomic E-state index is -0.607. The molecule has 35 heavy (non-hydrogen) atoms. The van der Waals surface area contributed by atoms with Crippen molar-refractivity contribution in [3.05, 3.63) is 58.8 Å². The normalized spacial score (nSPS) is 22.7. The third-order valence-electron chi connectivity index (χ3n) is 7.65. The molecule has 1 amide bonds. The Balaban J connectivity index is 1.59. The summed E-state index contributed by atoms with van der Waals surface area (Å²) in [6.07, 6.45) is 4.93. The summed E-state index contributed by atoms with van der Waals surface area (Å²) in [5.74, 6) is 0.720. The predicted molar refractivity (Wildman–Crippen MR) is 133 cm³/mol. The van der Waals surface area contributed by atoms with Crippen molar-refractivity contribution in [2.24, 2.45) is 17.1 Å². The number of ketones is 1. The molecule has 0 bridgehead atoms. The number of allylic oxidation sites excluding steroid dienone is 3. The average Bonchev–Trinajstić information content (AvgIpc) is 3.16. The molecular formula is C28H32N4O3. The zero-order valence-electron chi connectivity index (χ0n) is 20.6. The minimum absolute atomic E-state index is 0.0168. The first-order valence-electron chi connectivity index (χ1n) is 12.4. The van der Waals surface area contributed by atoms with E-state index in [1.165, 1.54) is 0 Å². The Morgan fingerprint density at radius 3 is 2.66 bits per heavy atom. The van der Waals surface area contributed by atoms with Crippen LogP contribution in [0, 0.1) is 22.7 Å². The van der Waals surface area contributed by atoms with E-state index >= 15 is 0 Å². The number of fused-ring (bicyclic) bond motifs is 1. The zero-order chi connectivity index (χ0) is 24.9. The van der Waals surface area contributed by atoms with Crippen molar-refractivity contribution in [1.82, 2.24) is 9.47 Å². The van der Waals surface area contributed by atoms with Crippen LogP contribution in [0.4, 0.5) is 0 Å². The molecule has 1 fully saturated rings. The number of hydrogen-bond acceptors (Lipinski definition) is 5. The van der Waals surface area contributed by atoms with Gasteiger partial charge in [0.15, 0.2) is 5.78 Å². The third-order valence-corrected chi connectivity index (χ3v) is 7.65. The maximum absolute atomic E-state index is 13.4. The van der Waals surface area contributed by atoms with Crippen LogP contribution >= 0.6 is 0 Å². The number of nitrogens with zero attached hydrogens (tertiary/aromatic N) is 3. The standard InChI is InChI=1S/C28H32N4O3/c1-17-8-10-31(11-9-17)24(34)16-32-15-20(18-6-4-5-7-21(18)32)25-19(14-29)27(30)35-23-13-28(2,3)12-22(33)26(23)25/h4-7,15,17,25H,8-13,16,30H2,1-3H3. The summed E-state index contributed by atoms with van der Waals surface area (Å²) in [6.45, 7) is 8.07. The summed E-state index contributed by atoms with van der Waals surface area (Å²) in [7, 11) is 0. The molecule has 7 heteroatoms. The largest absolute Gasteiger partial charge is 0.444 e. The highest BCUT2D eigenvalue weighted by Crippen LogP contribution is 2.49. The van der Waals surface area contributed by atoms with Gasteiger partial charge in [0.1, 0.15) is 23.9 Å². The summed E-state index contributed by atoms with van der Waals surface area (Å²) >= 11 is 0. The van der Waals surface area contributed by atoms with Gasteiger partial charge in [0, 0.05) is 48.6 Å². The molecule has 3 aliphatic rings. The predicted octanol–water partition coefficient (Wildman–Crippen LogP) is 4.35. The zero-order valence-corrected chi connectivity index (χ0v) is 20.6. The van der Waals surface area contributed by atoms with E-state index in [0.717, 1.165) is 42.4 Å². The van der Waals surface area contributed by atoms with E-state index in [0.29, 0.717) is 30.1 Å². The lowest BCUT2D eigenvalue weighted by atomic mass is 9.70. The van der Waals surface area contributed by atoms with E-state index in [1.807, 2.05) is 53.8 Å². The number of benzene rings is 1. The van der Waals surface area contributed by atoms with Crippen molar-refractivity contribution in [3.8, 4) is 6.07 Å². The number of likely N-dealkylation sites (tertiary alicyclic amines) is 1.